The first-order chi connectivity index (χ1) is 8.95. The lowest BCUT2D eigenvalue weighted by Gasteiger charge is -2.03. The number of halogens is 2. The van der Waals surface area contributed by atoms with Gasteiger partial charge in [-0.3, -0.25) is 4.79 Å². The van der Waals surface area contributed by atoms with E-state index in [1.54, 1.807) is 0 Å². The van der Waals surface area contributed by atoms with Gasteiger partial charge in [-0.1, -0.05) is 11.8 Å². The first-order valence-corrected chi connectivity index (χ1v) is 5.26. The Bertz CT molecular complexity index is 550. The van der Waals surface area contributed by atoms with Crippen molar-refractivity contribution in [1.29, 1.82) is 0 Å². The van der Waals surface area contributed by atoms with E-state index in [4.69, 9.17) is 0 Å². The Kier molecular flexibility index (Phi) is 5.01. The van der Waals surface area contributed by atoms with E-state index in [0.717, 1.165) is 19.2 Å². The number of hydrogen-bond donors (Lipinski definition) is 1. The molecule has 19 heavy (non-hydrogen) atoms. The van der Waals surface area contributed by atoms with E-state index in [0.29, 0.717) is 0 Å². The summed E-state index contributed by atoms with van der Waals surface area (Å²) in [6.45, 7) is 1.39. The molecule has 100 valence electrons. The van der Waals surface area contributed by atoms with Crippen LogP contribution in [-0.4, -0.2) is 25.5 Å². The zero-order valence-corrected chi connectivity index (χ0v) is 10.3. The number of amides is 1. The molecular formula is C13H11F2NO3. The lowest BCUT2D eigenvalue weighted by atomic mass is 10.1. The van der Waals surface area contributed by atoms with Crippen LogP contribution >= 0.6 is 0 Å². The van der Waals surface area contributed by atoms with E-state index in [1.165, 1.54) is 6.92 Å². The van der Waals surface area contributed by atoms with Gasteiger partial charge in [-0.25, -0.2) is 13.6 Å². The highest BCUT2D eigenvalue weighted by atomic mass is 19.1. The topological polar surface area (TPSA) is 55.4 Å². The lowest BCUT2D eigenvalue weighted by Crippen LogP contribution is -2.19. The van der Waals surface area contributed by atoms with Crippen LogP contribution < -0.4 is 5.32 Å². The number of ether oxygens (including phenoxy) is 1. The molecule has 0 heterocycles. The van der Waals surface area contributed by atoms with Gasteiger partial charge in [0.25, 0.3) is 0 Å². The van der Waals surface area contributed by atoms with Crippen molar-refractivity contribution < 1.29 is 23.1 Å². The molecule has 0 spiro atoms. The number of benzene rings is 1. The third-order valence-corrected chi connectivity index (χ3v) is 2.09. The molecule has 0 atom stereocenters. The Hall–Kier alpha value is -2.42. The average molecular weight is 267 g/mol. The molecule has 0 radical (unpaired) electrons. The van der Waals surface area contributed by atoms with Crippen molar-refractivity contribution in [3.63, 3.8) is 0 Å². The predicted molar refractivity (Wildman–Crippen MR) is 63.3 cm³/mol. The van der Waals surface area contributed by atoms with Gasteiger partial charge < -0.3 is 10.1 Å². The second-order valence-corrected chi connectivity index (χ2v) is 3.52. The maximum Gasteiger partial charge on any atom is 0.343 e. The van der Waals surface area contributed by atoms with E-state index in [1.807, 2.05) is 0 Å². The molecule has 0 aromatic heterocycles. The molecule has 1 aromatic carbocycles. The van der Waals surface area contributed by atoms with Gasteiger partial charge in [0.1, 0.15) is 17.2 Å². The molecule has 0 unspecified atom stereocenters. The predicted octanol–water partition coefficient (Wildman–Crippen LogP) is 1.24. The van der Waals surface area contributed by atoms with Gasteiger partial charge in [-0.15, -0.1) is 0 Å². The van der Waals surface area contributed by atoms with Crippen LogP contribution in [0.2, 0.25) is 0 Å². The average Bonchev–Trinajstić information content (AvgIpc) is 2.33. The zero-order chi connectivity index (χ0) is 14.4. The lowest BCUT2D eigenvalue weighted by molar-refractivity contribution is -0.118. The Labute approximate surface area is 108 Å². The van der Waals surface area contributed by atoms with Crippen LogP contribution in [0.15, 0.2) is 12.1 Å². The fourth-order valence-electron chi connectivity index (χ4n) is 1.26. The minimum absolute atomic E-state index is 0.0630. The molecule has 6 heteroatoms. The number of methoxy groups -OCH3 is 1. The van der Waals surface area contributed by atoms with Crippen molar-refractivity contribution in [3.05, 3.63) is 34.9 Å². The van der Waals surface area contributed by atoms with Gasteiger partial charge >= 0.3 is 5.97 Å². The minimum atomic E-state index is -1.09. The SMILES string of the molecule is COC(=O)c1c(F)cc(C#CCNC(C)=O)cc1F. The molecule has 1 aromatic rings. The van der Waals surface area contributed by atoms with E-state index < -0.39 is 23.2 Å². The Balaban J connectivity index is 2.95. The highest BCUT2D eigenvalue weighted by molar-refractivity contribution is 5.90. The molecule has 0 aliphatic carbocycles. The minimum Gasteiger partial charge on any atom is -0.465 e. The first-order valence-electron chi connectivity index (χ1n) is 5.26. The maximum absolute atomic E-state index is 13.5. The maximum atomic E-state index is 13.5. The van der Waals surface area contributed by atoms with Crippen molar-refractivity contribution in [2.75, 3.05) is 13.7 Å². The summed E-state index contributed by atoms with van der Waals surface area (Å²) in [5.74, 6) is 1.55. The molecular weight excluding hydrogens is 256 g/mol. The zero-order valence-electron chi connectivity index (χ0n) is 10.3. The summed E-state index contributed by atoms with van der Waals surface area (Å²) in [5, 5.41) is 2.41. The van der Waals surface area contributed by atoms with Crippen LogP contribution in [0.4, 0.5) is 8.78 Å². The summed E-state index contributed by atoms with van der Waals surface area (Å²) in [5.41, 5.74) is -0.692. The Morgan fingerprint density at radius 2 is 1.89 bits per heavy atom. The number of carbonyl (C=O) groups is 2. The molecule has 1 rings (SSSR count). The van der Waals surface area contributed by atoms with Crippen molar-refractivity contribution in [2.24, 2.45) is 0 Å². The van der Waals surface area contributed by atoms with E-state index in [2.05, 4.69) is 21.9 Å². The highest BCUT2D eigenvalue weighted by Gasteiger charge is 2.18. The molecule has 0 bridgehead atoms. The van der Waals surface area contributed by atoms with Crippen molar-refractivity contribution in [3.8, 4) is 11.8 Å². The van der Waals surface area contributed by atoms with Crippen LogP contribution in [0.5, 0.6) is 0 Å². The number of esters is 1. The van der Waals surface area contributed by atoms with E-state index in [9.17, 15) is 18.4 Å². The van der Waals surface area contributed by atoms with E-state index in [-0.39, 0.29) is 18.0 Å². The molecule has 1 N–H and O–H groups in total. The summed E-state index contributed by atoms with van der Waals surface area (Å²) in [6, 6.07) is 1.85. The fourth-order valence-corrected chi connectivity index (χ4v) is 1.26. The third-order valence-electron chi connectivity index (χ3n) is 2.09. The van der Waals surface area contributed by atoms with Crippen LogP contribution in [0.25, 0.3) is 0 Å². The smallest absolute Gasteiger partial charge is 0.343 e. The standard InChI is InChI=1S/C13H11F2NO3/c1-8(17)16-5-3-4-9-6-10(14)12(11(15)7-9)13(18)19-2/h6-7H,5H2,1-2H3,(H,16,17). The normalized spacial score (nSPS) is 9.26. The molecule has 0 saturated carbocycles. The largest absolute Gasteiger partial charge is 0.465 e. The first kappa shape index (κ1) is 14.6. The van der Waals surface area contributed by atoms with Gasteiger partial charge in [-0.05, 0) is 12.1 Å². The Morgan fingerprint density at radius 3 is 2.37 bits per heavy atom. The molecule has 0 aliphatic heterocycles. The molecule has 0 fully saturated rings. The van der Waals surface area contributed by atoms with Crippen LogP contribution in [-0.2, 0) is 9.53 Å². The number of rotatable bonds is 2. The number of nitrogens with one attached hydrogen (secondary N) is 1. The summed E-state index contributed by atoms with van der Waals surface area (Å²) in [6.07, 6.45) is 0. The summed E-state index contributed by atoms with van der Waals surface area (Å²) in [7, 11) is 1.03. The second kappa shape index (κ2) is 6.50. The molecule has 0 saturated heterocycles. The fraction of sp³-hybridized carbons (Fsp3) is 0.231. The summed E-state index contributed by atoms with van der Waals surface area (Å²) >= 11 is 0. The monoisotopic (exact) mass is 267 g/mol. The third kappa shape index (κ3) is 4.07. The quantitative estimate of drug-likeness (QED) is 0.648. The molecule has 0 aliphatic rings. The van der Waals surface area contributed by atoms with Gasteiger partial charge in [0, 0.05) is 12.5 Å². The van der Waals surface area contributed by atoms with Gasteiger partial charge in [0.15, 0.2) is 0 Å². The number of carbonyl (C=O) groups excluding carboxylic acids is 2. The molecule has 1 amide bonds. The second-order valence-electron chi connectivity index (χ2n) is 3.52. The van der Waals surface area contributed by atoms with Crippen molar-refractivity contribution in [1.82, 2.24) is 5.32 Å². The highest BCUT2D eigenvalue weighted by Crippen LogP contribution is 2.15. The summed E-state index contributed by atoms with van der Waals surface area (Å²) < 4.78 is 31.3. The van der Waals surface area contributed by atoms with Crippen LogP contribution in [0.3, 0.4) is 0 Å². The summed E-state index contributed by atoms with van der Waals surface area (Å²) in [4.78, 5) is 21.7. The Morgan fingerprint density at radius 1 is 1.32 bits per heavy atom. The number of hydrogen-bond acceptors (Lipinski definition) is 3. The van der Waals surface area contributed by atoms with Crippen molar-refractivity contribution in [2.45, 2.75) is 6.92 Å². The van der Waals surface area contributed by atoms with E-state index >= 15 is 0 Å². The van der Waals surface area contributed by atoms with Crippen LogP contribution in [0.1, 0.15) is 22.8 Å². The van der Waals surface area contributed by atoms with Gasteiger partial charge in [-0.2, -0.15) is 0 Å². The van der Waals surface area contributed by atoms with Gasteiger partial charge in [0.05, 0.1) is 13.7 Å². The van der Waals surface area contributed by atoms with Crippen LogP contribution in [0, 0.1) is 23.5 Å². The van der Waals surface area contributed by atoms with Crippen molar-refractivity contribution >= 4 is 11.9 Å². The van der Waals surface area contributed by atoms with Gasteiger partial charge in [0.2, 0.25) is 5.91 Å². The molecule has 4 nitrogen and oxygen atoms in total.